The maximum Gasteiger partial charge on any atom is 0.226 e. The minimum Gasteiger partial charge on any atom is -0.507 e. The van der Waals surface area contributed by atoms with E-state index in [0.717, 1.165) is 45.9 Å². The van der Waals surface area contributed by atoms with Crippen LogP contribution in [0.5, 0.6) is 11.5 Å². The molecule has 1 aromatic heterocycles. The molecular weight excluding hydrogens is 424 g/mol. The second-order valence-electron chi connectivity index (χ2n) is 11.1. The van der Waals surface area contributed by atoms with Crippen molar-refractivity contribution >= 4 is 5.69 Å². The molecule has 0 amide bonds. The Kier molecular flexibility index (Phi) is 7.35. The Morgan fingerprint density at radius 1 is 1.00 bits per heavy atom. The SMILES string of the molecule is CCNc1c(C)ccc(OCCc2coc(-c3cc(C(C)(C)C)c(O)c(C(C)(C)C)c3)n2)c1C. The number of benzene rings is 2. The number of hydrogen-bond donors (Lipinski definition) is 2. The largest absolute Gasteiger partial charge is 0.507 e. The lowest BCUT2D eigenvalue weighted by Gasteiger charge is -2.27. The average Bonchev–Trinajstić information content (AvgIpc) is 3.20. The topological polar surface area (TPSA) is 67.5 Å². The fraction of sp³-hybridized carbons (Fsp3) is 0.483. The maximum absolute atomic E-state index is 11.0. The van der Waals surface area contributed by atoms with Gasteiger partial charge in [0.15, 0.2) is 0 Å². The molecule has 34 heavy (non-hydrogen) atoms. The van der Waals surface area contributed by atoms with Gasteiger partial charge >= 0.3 is 0 Å². The lowest BCUT2D eigenvalue weighted by molar-refractivity contribution is 0.318. The van der Waals surface area contributed by atoms with Crippen molar-refractivity contribution in [3.63, 3.8) is 0 Å². The van der Waals surface area contributed by atoms with Crippen LogP contribution in [-0.2, 0) is 17.3 Å². The van der Waals surface area contributed by atoms with E-state index in [9.17, 15) is 5.11 Å². The number of rotatable bonds is 7. The third-order valence-corrected chi connectivity index (χ3v) is 6.12. The predicted molar refractivity (Wildman–Crippen MR) is 140 cm³/mol. The van der Waals surface area contributed by atoms with Crippen LogP contribution in [0.15, 0.2) is 34.9 Å². The molecule has 0 aliphatic carbocycles. The first-order valence-electron chi connectivity index (χ1n) is 12.1. The monoisotopic (exact) mass is 464 g/mol. The first-order chi connectivity index (χ1) is 15.8. The van der Waals surface area contributed by atoms with Crippen molar-refractivity contribution in [1.29, 1.82) is 0 Å². The first kappa shape index (κ1) is 25.7. The summed E-state index contributed by atoms with van der Waals surface area (Å²) in [5.41, 5.74) is 6.57. The Morgan fingerprint density at radius 2 is 1.62 bits per heavy atom. The molecule has 0 spiro atoms. The van der Waals surface area contributed by atoms with Crippen LogP contribution in [0.3, 0.4) is 0 Å². The number of aromatic nitrogens is 1. The Bertz CT molecular complexity index is 1110. The van der Waals surface area contributed by atoms with Crippen LogP contribution in [-0.4, -0.2) is 23.2 Å². The Balaban J connectivity index is 1.81. The standard InChI is InChI=1S/C29H40N2O3/c1-10-30-25-18(2)11-12-24(19(25)3)33-14-13-21-17-34-27(31-21)20-15-22(28(4,5)6)26(32)23(16-20)29(7,8)9/h11-12,15-17,30,32H,10,13-14H2,1-9H3. The predicted octanol–water partition coefficient (Wildman–Crippen LogP) is 7.31. The van der Waals surface area contributed by atoms with E-state index < -0.39 is 0 Å². The Morgan fingerprint density at radius 3 is 2.18 bits per heavy atom. The van der Waals surface area contributed by atoms with Crippen molar-refractivity contribution in [2.45, 2.75) is 79.6 Å². The Hall–Kier alpha value is -2.95. The number of nitrogens with one attached hydrogen (secondary N) is 1. The zero-order valence-corrected chi connectivity index (χ0v) is 22.2. The maximum atomic E-state index is 11.0. The smallest absolute Gasteiger partial charge is 0.226 e. The number of anilines is 1. The molecule has 0 aliphatic heterocycles. The summed E-state index contributed by atoms with van der Waals surface area (Å²) in [7, 11) is 0. The molecule has 0 aliphatic rings. The van der Waals surface area contributed by atoms with Crippen molar-refractivity contribution < 1.29 is 14.3 Å². The lowest BCUT2D eigenvalue weighted by Crippen LogP contribution is -2.17. The van der Waals surface area contributed by atoms with Crippen molar-refractivity contribution in [3.05, 3.63) is 58.5 Å². The van der Waals surface area contributed by atoms with Gasteiger partial charge in [-0.3, -0.25) is 0 Å². The molecule has 5 nitrogen and oxygen atoms in total. The van der Waals surface area contributed by atoms with Crippen LogP contribution >= 0.6 is 0 Å². The third-order valence-electron chi connectivity index (χ3n) is 6.12. The van der Waals surface area contributed by atoms with Gasteiger partial charge in [-0.1, -0.05) is 47.6 Å². The Labute approximate surface area is 204 Å². The number of aryl methyl sites for hydroxylation is 1. The fourth-order valence-electron chi connectivity index (χ4n) is 4.15. The summed E-state index contributed by atoms with van der Waals surface area (Å²) in [4.78, 5) is 4.73. The molecule has 2 N–H and O–H groups in total. The van der Waals surface area contributed by atoms with Gasteiger partial charge in [-0.2, -0.15) is 0 Å². The number of phenols is 1. The molecule has 0 unspecified atom stereocenters. The lowest BCUT2D eigenvalue weighted by atomic mass is 9.78. The van der Waals surface area contributed by atoms with E-state index in [1.807, 2.05) is 18.2 Å². The number of aromatic hydroxyl groups is 1. The third kappa shape index (κ3) is 5.57. The van der Waals surface area contributed by atoms with Crippen LogP contribution in [0.1, 0.15) is 76.4 Å². The second-order valence-corrected chi connectivity index (χ2v) is 11.1. The zero-order chi connectivity index (χ0) is 25.3. The first-order valence-corrected chi connectivity index (χ1v) is 12.1. The highest BCUT2D eigenvalue weighted by molar-refractivity contribution is 5.63. The van der Waals surface area contributed by atoms with Crippen LogP contribution < -0.4 is 10.1 Å². The highest BCUT2D eigenvalue weighted by Crippen LogP contribution is 2.41. The summed E-state index contributed by atoms with van der Waals surface area (Å²) in [6.07, 6.45) is 2.34. The van der Waals surface area contributed by atoms with Gasteiger partial charge in [-0.15, -0.1) is 0 Å². The second kappa shape index (κ2) is 9.73. The van der Waals surface area contributed by atoms with Crippen LogP contribution in [0.2, 0.25) is 0 Å². The molecule has 1 heterocycles. The van der Waals surface area contributed by atoms with Crippen molar-refractivity contribution in [1.82, 2.24) is 4.98 Å². The molecule has 184 valence electrons. The number of ether oxygens (including phenoxy) is 1. The normalized spacial score (nSPS) is 12.1. The molecule has 0 radical (unpaired) electrons. The van der Waals surface area contributed by atoms with Gasteiger partial charge in [0, 0.05) is 40.9 Å². The summed E-state index contributed by atoms with van der Waals surface area (Å²) in [5.74, 6) is 1.80. The van der Waals surface area contributed by atoms with Crippen molar-refractivity contribution in [2.24, 2.45) is 0 Å². The summed E-state index contributed by atoms with van der Waals surface area (Å²) in [6, 6.07) is 8.10. The number of oxazole rings is 1. The molecule has 0 atom stereocenters. The average molecular weight is 465 g/mol. The van der Waals surface area contributed by atoms with Gasteiger partial charge in [0.05, 0.1) is 12.3 Å². The molecule has 0 bridgehead atoms. The van der Waals surface area contributed by atoms with Crippen LogP contribution in [0.4, 0.5) is 5.69 Å². The van der Waals surface area contributed by atoms with E-state index >= 15 is 0 Å². The van der Waals surface area contributed by atoms with Gasteiger partial charge in [-0.05, 0) is 55.4 Å². The van der Waals surface area contributed by atoms with E-state index in [2.05, 4.69) is 73.7 Å². The summed E-state index contributed by atoms with van der Waals surface area (Å²) >= 11 is 0. The highest BCUT2D eigenvalue weighted by atomic mass is 16.5. The minimum absolute atomic E-state index is 0.208. The molecular formula is C29H40N2O3. The van der Waals surface area contributed by atoms with Gasteiger partial charge in [0.25, 0.3) is 0 Å². The number of hydrogen-bond acceptors (Lipinski definition) is 5. The summed E-state index contributed by atoms with van der Waals surface area (Å²) in [6.45, 7) is 20.3. The van der Waals surface area contributed by atoms with E-state index in [0.29, 0.717) is 24.7 Å². The van der Waals surface area contributed by atoms with Gasteiger partial charge < -0.3 is 19.6 Å². The molecule has 5 heteroatoms. The molecule has 0 saturated carbocycles. The molecule has 0 fully saturated rings. The van der Waals surface area contributed by atoms with Gasteiger partial charge in [-0.25, -0.2) is 4.98 Å². The van der Waals surface area contributed by atoms with Crippen molar-refractivity contribution in [2.75, 3.05) is 18.5 Å². The van der Waals surface area contributed by atoms with Crippen LogP contribution in [0, 0.1) is 13.8 Å². The van der Waals surface area contributed by atoms with Crippen molar-refractivity contribution in [3.8, 4) is 23.0 Å². The number of nitrogens with zero attached hydrogens (tertiary/aromatic N) is 1. The molecule has 3 rings (SSSR count). The molecule has 0 saturated heterocycles. The van der Waals surface area contributed by atoms with E-state index in [-0.39, 0.29) is 10.8 Å². The molecule has 3 aromatic rings. The summed E-state index contributed by atoms with van der Waals surface area (Å²) < 4.78 is 11.9. The van der Waals surface area contributed by atoms with E-state index in [1.54, 1.807) is 6.26 Å². The van der Waals surface area contributed by atoms with Crippen LogP contribution in [0.25, 0.3) is 11.5 Å². The molecule has 2 aromatic carbocycles. The zero-order valence-electron chi connectivity index (χ0n) is 22.2. The van der Waals surface area contributed by atoms with E-state index in [4.69, 9.17) is 14.1 Å². The van der Waals surface area contributed by atoms with Gasteiger partial charge in [0.1, 0.15) is 17.8 Å². The summed E-state index contributed by atoms with van der Waals surface area (Å²) in [5, 5.41) is 14.4. The quantitative estimate of drug-likeness (QED) is 0.384. The fourth-order valence-corrected chi connectivity index (χ4v) is 4.15. The van der Waals surface area contributed by atoms with E-state index in [1.165, 1.54) is 5.56 Å². The minimum atomic E-state index is -0.208. The van der Waals surface area contributed by atoms with Gasteiger partial charge in [0.2, 0.25) is 5.89 Å². The highest BCUT2D eigenvalue weighted by Gasteiger charge is 2.27. The number of phenolic OH excluding ortho intramolecular Hbond substituents is 1.